The number of benzene rings is 2. The third-order valence-corrected chi connectivity index (χ3v) is 5.40. The van der Waals surface area contributed by atoms with Gasteiger partial charge in [-0.1, -0.05) is 30.3 Å². The first-order chi connectivity index (χ1) is 13.1. The highest BCUT2D eigenvalue weighted by atomic mass is 19.1. The minimum absolute atomic E-state index is 0.296. The van der Waals surface area contributed by atoms with Gasteiger partial charge in [0.25, 0.3) is 0 Å². The van der Waals surface area contributed by atoms with Crippen LogP contribution in [0.2, 0.25) is 0 Å². The number of aromatic amines is 1. The van der Waals surface area contributed by atoms with E-state index in [-0.39, 0.29) is 11.5 Å². The second kappa shape index (κ2) is 7.56. The minimum atomic E-state index is -0.327. The quantitative estimate of drug-likeness (QED) is 0.750. The predicted molar refractivity (Wildman–Crippen MR) is 105 cm³/mol. The summed E-state index contributed by atoms with van der Waals surface area (Å²) in [5, 5.41) is 0. The Bertz CT molecular complexity index is 972. The summed E-state index contributed by atoms with van der Waals surface area (Å²) in [5.74, 6) is 0.167. The molecule has 0 spiro atoms. The van der Waals surface area contributed by atoms with Gasteiger partial charge in [-0.05, 0) is 36.5 Å². The average Bonchev–Trinajstić information content (AvgIpc) is 2.98. The predicted octanol–water partition coefficient (Wildman–Crippen LogP) is 3.44. The summed E-state index contributed by atoms with van der Waals surface area (Å²) in [7, 11) is 1.59. The third kappa shape index (κ3) is 3.62. The molecule has 1 aliphatic rings. The highest BCUT2D eigenvalue weighted by molar-refractivity contribution is 5.81. The second-order valence-corrected chi connectivity index (χ2v) is 7.22. The number of hydrogen-bond donors (Lipinski definition) is 1. The molecule has 1 saturated heterocycles. The molecule has 3 aromatic rings. The molecule has 4 rings (SSSR count). The molecule has 1 aliphatic heterocycles. The van der Waals surface area contributed by atoms with Gasteiger partial charge in [-0.3, -0.25) is 4.57 Å². The Labute approximate surface area is 157 Å². The number of fused-ring (bicyclic) bond motifs is 1. The van der Waals surface area contributed by atoms with E-state index in [1.54, 1.807) is 19.2 Å². The Kier molecular flexibility index (Phi) is 4.99. The Hall–Kier alpha value is -2.60. The monoisotopic (exact) mass is 369 g/mol. The van der Waals surface area contributed by atoms with Crippen molar-refractivity contribution < 1.29 is 9.13 Å². The molecule has 2 aromatic carbocycles. The topological polar surface area (TPSA) is 50.3 Å². The van der Waals surface area contributed by atoms with Crippen LogP contribution < -0.4 is 10.6 Å². The number of aryl methyl sites for hydroxylation is 1. The van der Waals surface area contributed by atoms with Gasteiger partial charge in [0, 0.05) is 26.7 Å². The summed E-state index contributed by atoms with van der Waals surface area (Å²) in [6.07, 6.45) is 1.94. The van der Waals surface area contributed by atoms with Crippen molar-refractivity contribution in [1.29, 1.82) is 0 Å². The zero-order valence-electron chi connectivity index (χ0n) is 15.5. The first-order valence-electron chi connectivity index (χ1n) is 9.37. The summed E-state index contributed by atoms with van der Waals surface area (Å²) in [6.45, 7) is 2.95. The van der Waals surface area contributed by atoms with Gasteiger partial charge in [0.1, 0.15) is 5.52 Å². The highest BCUT2D eigenvalue weighted by Crippen LogP contribution is 2.29. The fourth-order valence-electron chi connectivity index (χ4n) is 3.79. The normalized spacial score (nSPS) is 15.6. The maximum absolute atomic E-state index is 15.0. The number of ether oxygens (including phenoxy) is 1. The van der Waals surface area contributed by atoms with Crippen LogP contribution in [0.3, 0.4) is 0 Å². The molecule has 0 atom stereocenters. The maximum Gasteiger partial charge on any atom is 0.326 e. The molecule has 6 heteroatoms. The first-order valence-corrected chi connectivity index (χ1v) is 9.37. The molecule has 0 saturated carbocycles. The Morgan fingerprint density at radius 3 is 2.63 bits per heavy atom. The molecule has 5 nitrogen and oxygen atoms in total. The molecular formula is C21H24FN3O2. The smallest absolute Gasteiger partial charge is 0.326 e. The summed E-state index contributed by atoms with van der Waals surface area (Å²) >= 11 is 0. The van der Waals surface area contributed by atoms with E-state index in [2.05, 4.69) is 22.0 Å². The number of aromatic nitrogens is 2. The van der Waals surface area contributed by atoms with Crippen molar-refractivity contribution in [2.45, 2.75) is 19.4 Å². The largest absolute Gasteiger partial charge is 0.376 e. The average molecular weight is 369 g/mol. The highest BCUT2D eigenvalue weighted by Gasteiger charge is 2.23. The molecule has 0 aliphatic carbocycles. The van der Waals surface area contributed by atoms with Crippen LogP contribution in [0.1, 0.15) is 18.4 Å². The number of nitrogens with zero attached hydrogens (tertiary/aromatic N) is 2. The van der Waals surface area contributed by atoms with Gasteiger partial charge in [0.15, 0.2) is 5.82 Å². The molecule has 0 amide bonds. The van der Waals surface area contributed by atoms with Gasteiger partial charge in [-0.2, -0.15) is 0 Å². The molecule has 2 heterocycles. The van der Waals surface area contributed by atoms with E-state index >= 15 is 0 Å². The van der Waals surface area contributed by atoms with Crippen molar-refractivity contribution >= 4 is 16.7 Å². The van der Waals surface area contributed by atoms with Gasteiger partial charge < -0.3 is 14.6 Å². The number of piperidine rings is 1. The van der Waals surface area contributed by atoms with Crippen LogP contribution >= 0.6 is 0 Å². The SMILES string of the molecule is Cn1c(=O)[nH]c2ccc(N3CCC(COCc4ccccc4)CC3)c(F)c21. The fraction of sp³-hybridized carbons (Fsp3) is 0.381. The van der Waals surface area contributed by atoms with Crippen LogP contribution in [-0.4, -0.2) is 29.2 Å². The number of rotatable bonds is 5. The molecule has 1 N–H and O–H groups in total. The van der Waals surface area contributed by atoms with E-state index in [0.717, 1.165) is 32.5 Å². The van der Waals surface area contributed by atoms with Crippen molar-refractivity contribution in [1.82, 2.24) is 9.55 Å². The van der Waals surface area contributed by atoms with Crippen LogP contribution in [0.5, 0.6) is 0 Å². The van der Waals surface area contributed by atoms with Gasteiger partial charge in [-0.15, -0.1) is 0 Å². The molecular weight excluding hydrogens is 345 g/mol. The van der Waals surface area contributed by atoms with Crippen molar-refractivity contribution in [2.75, 3.05) is 24.6 Å². The van der Waals surface area contributed by atoms with Crippen molar-refractivity contribution in [3.63, 3.8) is 0 Å². The van der Waals surface area contributed by atoms with Gasteiger partial charge in [0.2, 0.25) is 0 Å². The van der Waals surface area contributed by atoms with E-state index in [1.165, 1.54) is 10.1 Å². The van der Waals surface area contributed by atoms with Crippen LogP contribution in [0.25, 0.3) is 11.0 Å². The lowest BCUT2D eigenvalue weighted by Gasteiger charge is -2.33. The standard InChI is InChI=1S/C21H24FN3O2/c1-24-20-17(23-21(24)26)7-8-18(19(20)22)25-11-9-16(10-12-25)14-27-13-15-5-3-2-4-6-15/h2-8,16H,9-14H2,1H3,(H,23,26). The molecule has 1 fully saturated rings. The lowest BCUT2D eigenvalue weighted by atomic mass is 9.97. The van der Waals surface area contributed by atoms with Crippen molar-refractivity contribution in [3.05, 3.63) is 64.3 Å². The minimum Gasteiger partial charge on any atom is -0.376 e. The third-order valence-electron chi connectivity index (χ3n) is 5.40. The van der Waals surface area contributed by atoms with Crippen molar-refractivity contribution in [2.24, 2.45) is 13.0 Å². The molecule has 27 heavy (non-hydrogen) atoms. The lowest BCUT2D eigenvalue weighted by molar-refractivity contribution is 0.0786. The Morgan fingerprint density at radius 2 is 1.89 bits per heavy atom. The van der Waals surface area contributed by atoms with Gasteiger partial charge >= 0.3 is 5.69 Å². The Morgan fingerprint density at radius 1 is 1.15 bits per heavy atom. The van der Waals surface area contributed by atoms with E-state index in [9.17, 15) is 9.18 Å². The maximum atomic E-state index is 15.0. The summed E-state index contributed by atoms with van der Waals surface area (Å²) in [5.41, 5.74) is 2.33. The summed E-state index contributed by atoms with van der Waals surface area (Å²) < 4.78 is 22.2. The van der Waals surface area contributed by atoms with Crippen LogP contribution in [0, 0.1) is 11.7 Å². The van der Waals surface area contributed by atoms with E-state index in [1.807, 2.05) is 18.2 Å². The van der Waals surface area contributed by atoms with Crippen LogP contribution in [-0.2, 0) is 18.4 Å². The lowest BCUT2D eigenvalue weighted by Crippen LogP contribution is -2.35. The van der Waals surface area contributed by atoms with Crippen LogP contribution in [0.15, 0.2) is 47.3 Å². The van der Waals surface area contributed by atoms with Crippen LogP contribution in [0.4, 0.5) is 10.1 Å². The summed E-state index contributed by atoms with van der Waals surface area (Å²) in [6, 6.07) is 13.7. The zero-order chi connectivity index (χ0) is 18.8. The number of H-pyrrole nitrogens is 1. The van der Waals surface area contributed by atoms with Crippen molar-refractivity contribution in [3.8, 4) is 0 Å². The molecule has 1 aromatic heterocycles. The molecule has 0 radical (unpaired) electrons. The number of anilines is 1. The fourth-order valence-corrected chi connectivity index (χ4v) is 3.79. The van der Waals surface area contributed by atoms with E-state index < -0.39 is 0 Å². The molecule has 0 unspecified atom stereocenters. The van der Waals surface area contributed by atoms with E-state index in [4.69, 9.17) is 4.74 Å². The first kappa shape index (κ1) is 17.8. The number of imidazole rings is 1. The second-order valence-electron chi connectivity index (χ2n) is 7.22. The zero-order valence-corrected chi connectivity index (χ0v) is 15.5. The Balaban J connectivity index is 1.36. The van der Waals surface area contributed by atoms with Gasteiger partial charge in [0.05, 0.1) is 17.8 Å². The number of hydrogen-bond acceptors (Lipinski definition) is 3. The molecule has 0 bridgehead atoms. The number of nitrogens with one attached hydrogen (secondary N) is 1. The van der Waals surface area contributed by atoms with Gasteiger partial charge in [-0.25, -0.2) is 9.18 Å². The summed E-state index contributed by atoms with van der Waals surface area (Å²) in [4.78, 5) is 16.5. The molecule has 142 valence electrons. The van der Waals surface area contributed by atoms with E-state index in [0.29, 0.717) is 29.2 Å². The number of halogens is 1.